The molecular formula is C14H16ClNO2. The van der Waals surface area contributed by atoms with E-state index in [-0.39, 0.29) is 11.8 Å². The van der Waals surface area contributed by atoms with Crippen molar-refractivity contribution < 1.29 is 9.90 Å². The first-order chi connectivity index (χ1) is 8.62. The SMILES string of the molecule is O=C1Nc2ccc(Cl)cc2C1(O)C1CCCCC1. The highest BCUT2D eigenvalue weighted by atomic mass is 35.5. The van der Waals surface area contributed by atoms with Crippen LogP contribution in [0.25, 0.3) is 0 Å². The maximum Gasteiger partial charge on any atom is 0.261 e. The smallest absolute Gasteiger partial charge is 0.261 e. The molecule has 1 unspecified atom stereocenters. The summed E-state index contributed by atoms with van der Waals surface area (Å²) in [6.07, 6.45) is 5.15. The minimum Gasteiger partial charge on any atom is -0.375 e. The van der Waals surface area contributed by atoms with Crippen LogP contribution in [0.15, 0.2) is 18.2 Å². The van der Waals surface area contributed by atoms with Gasteiger partial charge in [0.25, 0.3) is 5.91 Å². The number of hydrogen-bond donors (Lipinski definition) is 2. The number of nitrogens with one attached hydrogen (secondary N) is 1. The van der Waals surface area contributed by atoms with Gasteiger partial charge in [-0.1, -0.05) is 30.9 Å². The van der Waals surface area contributed by atoms with Gasteiger partial charge in [0.15, 0.2) is 5.60 Å². The third kappa shape index (κ3) is 1.65. The van der Waals surface area contributed by atoms with Crippen LogP contribution in [0.2, 0.25) is 5.02 Å². The van der Waals surface area contributed by atoms with Crippen molar-refractivity contribution in [2.45, 2.75) is 37.7 Å². The molecule has 2 N–H and O–H groups in total. The molecule has 2 aliphatic rings. The van der Waals surface area contributed by atoms with E-state index in [0.29, 0.717) is 16.3 Å². The van der Waals surface area contributed by atoms with Gasteiger partial charge >= 0.3 is 0 Å². The van der Waals surface area contributed by atoms with E-state index < -0.39 is 5.60 Å². The van der Waals surface area contributed by atoms with E-state index in [9.17, 15) is 9.90 Å². The Labute approximate surface area is 111 Å². The maximum atomic E-state index is 12.2. The summed E-state index contributed by atoms with van der Waals surface area (Å²) < 4.78 is 0. The summed E-state index contributed by atoms with van der Waals surface area (Å²) in [6, 6.07) is 5.20. The molecule has 96 valence electrons. The molecule has 0 aromatic heterocycles. The summed E-state index contributed by atoms with van der Waals surface area (Å²) in [4.78, 5) is 12.2. The van der Waals surface area contributed by atoms with Crippen LogP contribution in [-0.4, -0.2) is 11.0 Å². The lowest BCUT2D eigenvalue weighted by Crippen LogP contribution is -2.42. The van der Waals surface area contributed by atoms with Crippen molar-refractivity contribution in [2.24, 2.45) is 5.92 Å². The van der Waals surface area contributed by atoms with Crippen molar-refractivity contribution in [3.8, 4) is 0 Å². The fraction of sp³-hybridized carbons (Fsp3) is 0.500. The summed E-state index contributed by atoms with van der Waals surface area (Å²) in [6.45, 7) is 0. The van der Waals surface area contributed by atoms with E-state index in [0.717, 1.165) is 25.7 Å². The van der Waals surface area contributed by atoms with Gasteiger partial charge in [-0.3, -0.25) is 4.79 Å². The molecule has 1 amide bonds. The Hall–Kier alpha value is -1.06. The van der Waals surface area contributed by atoms with E-state index >= 15 is 0 Å². The minimum absolute atomic E-state index is 0.00552. The molecule has 0 bridgehead atoms. The predicted molar refractivity (Wildman–Crippen MR) is 70.6 cm³/mol. The van der Waals surface area contributed by atoms with E-state index in [2.05, 4.69) is 5.32 Å². The average molecular weight is 266 g/mol. The van der Waals surface area contributed by atoms with E-state index in [1.54, 1.807) is 18.2 Å². The summed E-state index contributed by atoms with van der Waals surface area (Å²) in [5.74, 6) is -0.294. The summed E-state index contributed by atoms with van der Waals surface area (Å²) in [5, 5.41) is 14.2. The molecule has 1 aliphatic carbocycles. The Morgan fingerprint density at radius 2 is 2.00 bits per heavy atom. The highest BCUT2D eigenvalue weighted by Gasteiger charge is 2.50. The molecule has 0 radical (unpaired) electrons. The summed E-state index contributed by atoms with van der Waals surface area (Å²) >= 11 is 5.99. The van der Waals surface area contributed by atoms with Crippen LogP contribution < -0.4 is 5.32 Å². The molecule has 1 aromatic carbocycles. The quantitative estimate of drug-likeness (QED) is 0.820. The topological polar surface area (TPSA) is 49.3 Å². The zero-order valence-corrected chi connectivity index (χ0v) is 10.8. The van der Waals surface area contributed by atoms with Crippen LogP contribution in [0.5, 0.6) is 0 Å². The van der Waals surface area contributed by atoms with E-state index in [4.69, 9.17) is 11.6 Å². The first kappa shape index (κ1) is 12.0. The monoisotopic (exact) mass is 265 g/mol. The Bertz CT molecular complexity index is 497. The standard InChI is InChI=1S/C14H16ClNO2/c15-10-6-7-12-11(8-10)14(18,13(17)16-12)9-4-2-1-3-5-9/h6-9,18H,1-5H2,(H,16,17). The third-order valence-electron chi connectivity index (χ3n) is 4.18. The zero-order chi connectivity index (χ0) is 12.8. The molecule has 1 atom stereocenters. The second kappa shape index (κ2) is 4.25. The molecule has 0 spiro atoms. The zero-order valence-electron chi connectivity index (χ0n) is 10.1. The van der Waals surface area contributed by atoms with Crippen LogP contribution >= 0.6 is 11.6 Å². The second-order valence-electron chi connectivity index (χ2n) is 5.25. The lowest BCUT2D eigenvalue weighted by Gasteiger charge is -2.33. The lowest BCUT2D eigenvalue weighted by atomic mass is 9.74. The Morgan fingerprint density at radius 3 is 2.72 bits per heavy atom. The lowest BCUT2D eigenvalue weighted by molar-refractivity contribution is -0.141. The van der Waals surface area contributed by atoms with Crippen LogP contribution in [0.1, 0.15) is 37.7 Å². The second-order valence-corrected chi connectivity index (χ2v) is 5.68. The molecule has 4 heteroatoms. The molecular weight excluding hydrogens is 250 g/mol. The Kier molecular flexibility index (Phi) is 2.83. The number of halogens is 1. The van der Waals surface area contributed by atoms with Crippen LogP contribution in [0.4, 0.5) is 5.69 Å². The van der Waals surface area contributed by atoms with Crippen molar-refractivity contribution in [3.05, 3.63) is 28.8 Å². The first-order valence-corrected chi connectivity index (χ1v) is 6.84. The van der Waals surface area contributed by atoms with Gasteiger partial charge < -0.3 is 10.4 Å². The fourth-order valence-electron chi connectivity index (χ4n) is 3.21. The van der Waals surface area contributed by atoms with Gasteiger partial charge in [-0.25, -0.2) is 0 Å². The number of hydrogen-bond acceptors (Lipinski definition) is 2. The molecule has 1 aliphatic heterocycles. The average Bonchev–Trinajstić information content (AvgIpc) is 2.64. The Morgan fingerprint density at radius 1 is 1.28 bits per heavy atom. The van der Waals surface area contributed by atoms with Crippen molar-refractivity contribution in [1.29, 1.82) is 0 Å². The van der Waals surface area contributed by atoms with Crippen molar-refractivity contribution >= 4 is 23.2 Å². The van der Waals surface area contributed by atoms with Gasteiger partial charge in [0, 0.05) is 22.2 Å². The van der Waals surface area contributed by atoms with E-state index in [1.165, 1.54) is 6.42 Å². The third-order valence-corrected chi connectivity index (χ3v) is 4.42. The van der Waals surface area contributed by atoms with Gasteiger partial charge in [0.05, 0.1) is 0 Å². The number of aliphatic hydroxyl groups is 1. The normalized spacial score (nSPS) is 28.0. The largest absolute Gasteiger partial charge is 0.375 e. The number of amides is 1. The molecule has 3 rings (SSSR count). The first-order valence-electron chi connectivity index (χ1n) is 6.46. The van der Waals surface area contributed by atoms with Crippen molar-refractivity contribution in [1.82, 2.24) is 0 Å². The van der Waals surface area contributed by atoms with Crippen molar-refractivity contribution in [2.75, 3.05) is 5.32 Å². The molecule has 1 aromatic rings. The van der Waals surface area contributed by atoms with Gasteiger partial charge in [-0.2, -0.15) is 0 Å². The highest BCUT2D eigenvalue weighted by molar-refractivity contribution is 6.31. The van der Waals surface area contributed by atoms with Crippen molar-refractivity contribution in [3.63, 3.8) is 0 Å². The number of anilines is 1. The maximum absolute atomic E-state index is 12.2. The number of benzene rings is 1. The van der Waals surface area contributed by atoms with E-state index in [1.807, 2.05) is 0 Å². The number of rotatable bonds is 1. The van der Waals surface area contributed by atoms with Crippen LogP contribution in [0, 0.1) is 5.92 Å². The molecule has 3 nitrogen and oxygen atoms in total. The highest BCUT2D eigenvalue weighted by Crippen LogP contribution is 2.46. The number of carbonyl (C=O) groups excluding carboxylic acids is 1. The number of fused-ring (bicyclic) bond motifs is 1. The van der Waals surface area contributed by atoms with Crippen LogP contribution in [-0.2, 0) is 10.4 Å². The molecule has 0 saturated heterocycles. The summed E-state index contributed by atoms with van der Waals surface area (Å²) in [7, 11) is 0. The summed E-state index contributed by atoms with van der Waals surface area (Å²) in [5.41, 5.74) is -0.0509. The Balaban J connectivity index is 2.05. The molecule has 1 saturated carbocycles. The molecule has 1 heterocycles. The minimum atomic E-state index is -1.39. The fourth-order valence-corrected chi connectivity index (χ4v) is 3.38. The van der Waals surface area contributed by atoms with Gasteiger partial charge in [-0.15, -0.1) is 0 Å². The van der Waals surface area contributed by atoms with Crippen LogP contribution in [0.3, 0.4) is 0 Å². The van der Waals surface area contributed by atoms with Gasteiger partial charge in [-0.05, 0) is 31.0 Å². The predicted octanol–water partition coefficient (Wildman–Crippen LogP) is 3.06. The molecule has 18 heavy (non-hydrogen) atoms. The van der Waals surface area contributed by atoms with Gasteiger partial charge in [0.1, 0.15) is 0 Å². The molecule has 1 fully saturated rings. The number of carbonyl (C=O) groups is 1. The van der Waals surface area contributed by atoms with Gasteiger partial charge in [0.2, 0.25) is 0 Å².